The number of ether oxygens (including phenoxy) is 13. The van der Waals surface area contributed by atoms with Crippen molar-refractivity contribution in [2.24, 2.45) is 35.0 Å². The summed E-state index contributed by atoms with van der Waals surface area (Å²) < 4.78 is 71.9. The molecule has 6 saturated heterocycles. The predicted octanol–water partition coefficient (Wildman–Crippen LogP) is 4.39. The molecular formula is C73H134N2O26. The van der Waals surface area contributed by atoms with Gasteiger partial charge in [-0.3, -0.25) is 19.2 Å². The third-order valence-electron chi connectivity index (χ3n) is 20.7. The van der Waals surface area contributed by atoms with Crippen molar-refractivity contribution in [1.82, 2.24) is 10.2 Å². The molecule has 10 N–H and O–H groups in total. The van der Waals surface area contributed by atoms with Crippen LogP contribution < -0.4 is 5.32 Å². The van der Waals surface area contributed by atoms with Crippen LogP contribution in [0.15, 0.2) is 0 Å². The number of Topliss-reactive ketones (excluding diaryl/α,β-unsaturated/α-hetero) is 2. The smallest absolute Gasteiger partial charge is 0.222 e. The van der Waals surface area contributed by atoms with Crippen LogP contribution in [0.2, 0.25) is 0 Å². The van der Waals surface area contributed by atoms with Crippen LogP contribution in [-0.4, -0.2) is 286 Å². The molecule has 592 valence electrons. The van der Waals surface area contributed by atoms with Gasteiger partial charge in [-0.05, 0) is 70.6 Å². The molecule has 0 spiro atoms. The molecule has 6 fully saturated rings. The molecule has 28 heteroatoms. The van der Waals surface area contributed by atoms with Gasteiger partial charge in [0.25, 0.3) is 0 Å². The van der Waals surface area contributed by atoms with Crippen LogP contribution in [0.3, 0.4) is 0 Å². The monoisotopic (exact) mass is 1450 g/mol. The molecule has 0 aromatic heterocycles. The zero-order valence-corrected chi connectivity index (χ0v) is 62.4. The van der Waals surface area contributed by atoms with Crippen molar-refractivity contribution in [2.45, 2.75) is 294 Å². The molecular weight excluding hydrogens is 1320 g/mol. The van der Waals surface area contributed by atoms with E-state index in [1.54, 1.807) is 28.3 Å². The standard InChI is InChI=1S/C27H50N2O8.2C23H42O9/c1-4-21-25(34)24(33)20(2)26(37-21)36-17-9-7-10-22(31)28-14-8-5-6-11-23(32)29-15-12-27(18-30,13-16-29)19-35-3;2*1-15-19(12-24)32-23(16(2)22(15)27)30-13-17(25)9-7-5-4-6-8-10-29-21-11-18(26)20(31-21)14-28-3/h20-21,24-26,30,33-34H,4-19H2,1-3H3,(H,28,31);2*15-16,18-24,26-27H,4-14H2,1-3H3/t20-,21-,24-,25+,26-;15-,16?,18?,19?,20+,21+,22-,23+;15-,16?,18?,19?,20+,21-,22-,23+/m100/s1. The number of carbonyl (C=O) groups is 4. The van der Waals surface area contributed by atoms with Crippen LogP contribution in [-0.2, 0) is 80.8 Å². The Bertz CT molecular complexity index is 2110. The van der Waals surface area contributed by atoms with Crippen LogP contribution in [0.1, 0.15) is 196 Å². The molecule has 0 aromatic carbocycles. The van der Waals surface area contributed by atoms with Crippen molar-refractivity contribution in [3.8, 4) is 0 Å². The maximum atomic E-state index is 12.5. The van der Waals surface area contributed by atoms with Crippen LogP contribution >= 0.6 is 0 Å². The summed E-state index contributed by atoms with van der Waals surface area (Å²) in [5, 5.41) is 91.8. The minimum absolute atomic E-state index is 0.0136. The molecule has 6 aliphatic rings. The third-order valence-corrected chi connectivity index (χ3v) is 20.7. The summed E-state index contributed by atoms with van der Waals surface area (Å²) in [4.78, 5) is 50.7. The van der Waals surface area contributed by atoms with Gasteiger partial charge in [-0.25, -0.2) is 0 Å². The molecule has 0 aromatic rings. The second-order valence-electron chi connectivity index (χ2n) is 28.8. The number of likely N-dealkylation sites (tertiary alicyclic amines) is 1. The van der Waals surface area contributed by atoms with E-state index >= 15 is 0 Å². The fraction of sp³-hybridized carbons (Fsp3) is 0.945. The second kappa shape index (κ2) is 50.9. The van der Waals surface area contributed by atoms with Crippen molar-refractivity contribution in [2.75, 3.05) is 114 Å². The first-order valence-electron chi connectivity index (χ1n) is 37.8. The lowest BCUT2D eigenvalue weighted by Crippen LogP contribution is -2.54. The van der Waals surface area contributed by atoms with Gasteiger partial charge >= 0.3 is 0 Å². The van der Waals surface area contributed by atoms with Gasteiger partial charge in [0.15, 0.2) is 43.0 Å². The summed E-state index contributed by atoms with van der Waals surface area (Å²) in [5.74, 6) is -0.984. The Balaban J connectivity index is 0.000000322. The number of hydrogen-bond acceptors (Lipinski definition) is 26. The number of methoxy groups -OCH3 is 3. The number of aliphatic hydroxyl groups excluding tert-OH is 9. The number of rotatable bonds is 46. The fourth-order valence-corrected chi connectivity index (χ4v) is 13.5. The summed E-state index contributed by atoms with van der Waals surface area (Å²) in [6.45, 7) is 15.4. The van der Waals surface area contributed by atoms with Gasteiger partial charge in [0.1, 0.15) is 31.5 Å². The van der Waals surface area contributed by atoms with E-state index in [2.05, 4.69) is 5.32 Å². The first-order valence-corrected chi connectivity index (χ1v) is 37.8. The summed E-state index contributed by atoms with van der Waals surface area (Å²) in [6, 6.07) is 0. The zero-order chi connectivity index (χ0) is 74.3. The minimum atomic E-state index is -0.895. The topological polar surface area (TPSA) is 386 Å². The largest absolute Gasteiger partial charge is 0.396 e. The highest BCUT2D eigenvalue weighted by atomic mass is 16.7. The second-order valence-corrected chi connectivity index (χ2v) is 28.8. The molecule has 0 aliphatic carbocycles. The summed E-state index contributed by atoms with van der Waals surface area (Å²) in [7, 11) is 4.80. The Morgan fingerprint density at radius 2 is 0.871 bits per heavy atom. The lowest BCUT2D eigenvalue weighted by molar-refractivity contribution is -0.277. The highest BCUT2D eigenvalue weighted by Crippen LogP contribution is 2.35. The molecule has 2 amide bonds. The van der Waals surface area contributed by atoms with Gasteiger partial charge in [0.05, 0.1) is 88.5 Å². The molecule has 6 rings (SSSR count). The Morgan fingerprint density at radius 1 is 0.455 bits per heavy atom. The molecule has 0 saturated carbocycles. The third kappa shape index (κ3) is 32.4. The number of piperidine rings is 1. The first kappa shape index (κ1) is 90.8. The van der Waals surface area contributed by atoms with Gasteiger partial charge in [0.2, 0.25) is 11.8 Å². The van der Waals surface area contributed by atoms with Gasteiger partial charge in [0, 0.05) is 134 Å². The molecule has 0 bridgehead atoms. The maximum absolute atomic E-state index is 12.5. The molecule has 28 nitrogen and oxygen atoms in total. The Hall–Kier alpha value is -2.60. The number of aliphatic hydroxyl groups is 9. The van der Waals surface area contributed by atoms with Crippen LogP contribution in [0.5, 0.6) is 0 Å². The average Bonchev–Trinajstić information content (AvgIpc) is 1.74. The van der Waals surface area contributed by atoms with Crippen LogP contribution in [0.4, 0.5) is 0 Å². The summed E-state index contributed by atoms with van der Waals surface area (Å²) >= 11 is 0. The normalized spacial score (nSPS) is 32.5. The number of carbonyl (C=O) groups excluding carboxylic acids is 4. The fourth-order valence-electron chi connectivity index (χ4n) is 13.5. The molecule has 6 unspecified atom stereocenters. The van der Waals surface area contributed by atoms with Crippen molar-refractivity contribution in [1.29, 1.82) is 0 Å². The van der Waals surface area contributed by atoms with E-state index in [4.69, 9.17) is 61.6 Å². The first-order chi connectivity index (χ1) is 48.5. The Kier molecular flexibility index (Phi) is 45.7. The Labute approximate surface area is 601 Å². The lowest BCUT2D eigenvalue weighted by Gasteiger charge is -2.41. The number of amides is 2. The predicted molar refractivity (Wildman–Crippen MR) is 370 cm³/mol. The van der Waals surface area contributed by atoms with E-state index in [0.29, 0.717) is 117 Å². The van der Waals surface area contributed by atoms with Gasteiger partial charge < -0.3 is 118 Å². The molecule has 21 atom stereocenters. The number of nitrogens with zero attached hydrogens (tertiary/aromatic N) is 1. The quantitative estimate of drug-likeness (QED) is 0.0378. The highest BCUT2D eigenvalue weighted by molar-refractivity contribution is 5.80. The van der Waals surface area contributed by atoms with Gasteiger partial charge in [-0.1, -0.05) is 86.5 Å². The van der Waals surface area contributed by atoms with E-state index in [1.807, 2.05) is 39.5 Å². The number of nitrogens with one attached hydrogen (secondary N) is 1. The van der Waals surface area contributed by atoms with Crippen molar-refractivity contribution in [3.05, 3.63) is 0 Å². The molecule has 6 heterocycles. The van der Waals surface area contributed by atoms with E-state index < -0.39 is 73.8 Å². The molecule has 0 radical (unpaired) electrons. The van der Waals surface area contributed by atoms with Crippen LogP contribution in [0, 0.1) is 35.0 Å². The minimum Gasteiger partial charge on any atom is -0.396 e. The van der Waals surface area contributed by atoms with Crippen molar-refractivity contribution < 1.29 is 127 Å². The van der Waals surface area contributed by atoms with E-state index in [9.17, 15) is 65.1 Å². The van der Waals surface area contributed by atoms with E-state index in [0.717, 1.165) is 96.3 Å². The van der Waals surface area contributed by atoms with Crippen LogP contribution in [0.25, 0.3) is 0 Å². The zero-order valence-electron chi connectivity index (χ0n) is 62.4. The summed E-state index contributed by atoms with van der Waals surface area (Å²) in [6.07, 6.45) is 9.44. The summed E-state index contributed by atoms with van der Waals surface area (Å²) in [5.41, 5.74) is -0.217. The Morgan fingerprint density at radius 3 is 1.34 bits per heavy atom. The molecule has 101 heavy (non-hydrogen) atoms. The average molecular weight is 1460 g/mol. The van der Waals surface area contributed by atoms with Crippen molar-refractivity contribution >= 4 is 23.4 Å². The highest BCUT2D eigenvalue weighted by Gasteiger charge is 2.45. The number of hydrogen-bond donors (Lipinski definition) is 10. The molecule has 6 aliphatic heterocycles. The van der Waals surface area contributed by atoms with E-state index in [1.165, 1.54) is 0 Å². The van der Waals surface area contributed by atoms with Crippen molar-refractivity contribution in [3.63, 3.8) is 0 Å². The number of unbranched alkanes of at least 4 members (excludes halogenated alkanes) is 11. The number of ketones is 2. The maximum Gasteiger partial charge on any atom is 0.222 e. The SMILES string of the molecule is CC[C@H]1O[C@@H](OCCCCC(=O)NCCCCCC(=O)N2CCC(CO)(COC)CC2)[C@H](C)[C@@H](O)[C@H]1O.COC[C@H]1O[C@@H](OCCCCCCCC(=O)CO[C@@H]2OC(CO)[C@H](C)[C@H](O)C2C)CC1O.COC[C@H]1O[C@H](OCCCCCCCC(=O)CO[C@@H]2OC(CO)[C@H](C)[C@H](O)C2C)CC1O. The lowest BCUT2D eigenvalue weighted by atomic mass is 9.80. The van der Waals surface area contributed by atoms with Gasteiger partial charge in [-0.15, -0.1) is 0 Å². The van der Waals surface area contributed by atoms with E-state index in [-0.39, 0.29) is 116 Å². The van der Waals surface area contributed by atoms with Gasteiger partial charge in [-0.2, -0.15) is 0 Å².